The third-order valence-corrected chi connectivity index (χ3v) is 16.9. The maximum absolute atomic E-state index is 2.53. The second kappa shape index (κ2) is 11.9. The molecule has 1 heterocycles. The Balaban J connectivity index is 1.17. The van der Waals surface area contributed by atoms with Crippen molar-refractivity contribution in [3.63, 3.8) is 0 Å². The largest absolute Gasteiger partial charge is 0.310 e. The zero-order valence-electron chi connectivity index (χ0n) is 32.3. The third kappa shape index (κ3) is 4.42. The molecule has 2 aliphatic carbocycles. The SMILES string of the molecule is CC1(C)c2ccccc2-c2ccc(N(c3ccc(-c4ccccc4)cc3)c3ccc4c(c3)C3(c5ccccc5-4)c4ccccc4[Si](C)(C)c4ccccc43)cc21. The fourth-order valence-corrected chi connectivity index (χ4v) is 13.9. The highest BCUT2D eigenvalue weighted by atomic mass is 28.3. The summed E-state index contributed by atoms with van der Waals surface area (Å²) in [5, 5.41) is 3.06. The quantitative estimate of drug-likeness (QED) is 0.163. The fraction of sp³-hybridized carbons (Fsp3) is 0.111. The summed E-state index contributed by atoms with van der Waals surface area (Å²) in [6, 6.07) is 71.1. The van der Waals surface area contributed by atoms with Gasteiger partial charge in [0.1, 0.15) is 8.07 Å². The van der Waals surface area contributed by atoms with E-state index >= 15 is 0 Å². The van der Waals surface area contributed by atoms with Crippen molar-refractivity contribution in [3.05, 3.63) is 221 Å². The zero-order chi connectivity index (χ0) is 37.8. The van der Waals surface area contributed by atoms with Crippen molar-refractivity contribution < 1.29 is 0 Å². The van der Waals surface area contributed by atoms with Gasteiger partial charge in [0.15, 0.2) is 0 Å². The Kier molecular flexibility index (Phi) is 7.04. The van der Waals surface area contributed by atoms with Gasteiger partial charge in [0.2, 0.25) is 0 Å². The van der Waals surface area contributed by atoms with Crippen LogP contribution in [0, 0.1) is 0 Å². The van der Waals surface area contributed by atoms with E-state index in [0.29, 0.717) is 0 Å². The van der Waals surface area contributed by atoms with E-state index in [1.807, 2.05) is 0 Å². The van der Waals surface area contributed by atoms with Crippen molar-refractivity contribution in [1.29, 1.82) is 0 Å². The van der Waals surface area contributed by atoms with E-state index in [2.05, 4.69) is 220 Å². The molecule has 0 atom stereocenters. The van der Waals surface area contributed by atoms with E-state index in [1.165, 1.54) is 82.8 Å². The zero-order valence-corrected chi connectivity index (χ0v) is 33.3. The van der Waals surface area contributed by atoms with Crippen molar-refractivity contribution in [3.8, 4) is 33.4 Å². The summed E-state index contributed by atoms with van der Waals surface area (Å²) < 4.78 is 0. The van der Waals surface area contributed by atoms with Gasteiger partial charge in [-0.25, -0.2) is 0 Å². The van der Waals surface area contributed by atoms with Gasteiger partial charge >= 0.3 is 0 Å². The van der Waals surface area contributed by atoms with Gasteiger partial charge in [-0.05, 0) is 114 Å². The van der Waals surface area contributed by atoms with Gasteiger partial charge in [0.25, 0.3) is 0 Å². The minimum Gasteiger partial charge on any atom is -0.310 e. The summed E-state index contributed by atoms with van der Waals surface area (Å²) in [7, 11) is -2.00. The number of fused-ring (bicyclic) bond motifs is 12. The molecule has 8 aromatic carbocycles. The lowest BCUT2D eigenvalue weighted by Gasteiger charge is -2.46. The van der Waals surface area contributed by atoms with E-state index < -0.39 is 13.5 Å². The smallest absolute Gasteiger partial charge is 0.113 e. The molecule has 0 unspecified atom stereocenters. The molecule has 0 saturated carbocycles. The van der Waals surface area contributed by atoms with Crippen LogP contribution >= 0.6 is 0 Å². The minimum atomic E-state index is -2.00. The average Bonchev–Trinajstić information content (AvgIpc) is 3.66. The molecule has 0 N–H and O–H groups in total. The van der Waals surface area contributed by atoms with Gasteiger partial charge in [-0.1, -0.05) is 179 Å². The number of benzene rings is 8. The Morgan fingerprint density at radius 2 is 0.786 bits per heavy atom. The molecule has 1 spiro atoms. The third-order valence-electron chi connectivity index (χ3n) is 13.4. The van der Waals surface area contributed by atoms with Gasteiger partial charge in [0, 0.05) is 22.5 Å². The van der Waals surface area contributed by atoms with Crippen LogP contribution in [0.1, 0.15) is 47.2 Å². The van der Waals surface area contributed by atoms with Crippen LogP contribution in [0.5, 0.6) is 0 Å². The predicted octanol–water partition coefficient (Wildman–Crippen LogP) is 12.6. The molecule has 1 nitrogen and oxygen atoms in total. The number of hydrogen-bond acceptors (Lipinski definition) is 1. The molecule has 0 saturated heterocycles. The maximum Gasteiger partial charge on any atom is 0.113 e. The Labute approximate surface area is 331 Å². The Morgan fingerprint density at radius 3 is 1.41 bits per heavy atom. The second-order valence-electron chi connectivity index (χ2n) is 16.9. The normalized spacial score (nSPS) is 15.6. The summed E-state index contributed by atoms with van der Waals surface area (Å²) >= 11 is 0. The topological polar surface area (TPSA) is 3.24 Å². The molecule has 3 aliphatic rings. The highest BCUT2D eigenvalue weighted by Crippen LogP contribution is 2.58. The van der Waals surface area contributed by atoms with Gasteiger partial charge in [-0.2, -0.15) is 0 Å². The first-order chi connectivity index (χ1) is 27.3. The number of rotatable bonds is 4. The van der Waals surface area contributed by atoms with Crippen molar-refractivity contribution in [2.24, 2.45) is 0 Å². The molecule has 0 bridgehead atoms. The van der Waals surface area contributed by atoms with Crippen LogP contribution in [0.4, 0.5) is 17.1 Å². The Bertz CT molecular complexity index is 2810. The highest BCUT2D eigenvalue weighted by Gasteiger charge is 2.53. The van der Waals surface area contributed by atoms with Crippen LogP contribution in [0.2, 0.25) is 13.1 Å². The van der Waals surface area contributed by atoms with Gasteiger partial charge in [-0.15, -0.1) is 0 Å². The van der Waals surface area contributed by atoms with Crippen molar-refractivity contribution in [1.82, 2.24) is 0 Å². The molecule has 0 fully saturated rings. The first kappa shape index (κ1) is 33.1. The van der Waals surface area contributed by atoms with Crippen LogP contribution < -0.4 is 15.3 Å². The molecule has 56 heavy (non-hydrogen) atoms. The van der Waals surface area contributed by atoms with E-state index in [9.17, 15) is 0 Å². The summed E-state index contributed by atoms with van der Waals surface area (Å²) in [6.45, 7) is 9.81. The predicted molar refractivity (Wildman–Crippen MR) is 238 cm³/mol. The van der Waals surface area contributed by atoms with Crippen molar-refractivity contribution in [2.45, 2.75) is 37.8 Å². The average molecular weight is 734 g/mol. The van der Waals surface area contributed by atoms with Crippen molar-refractivity contribution >= 4 is 35.5 Å². The first-order valence-corrected chi connectivity index (χ1v) is 22.9. The van der Waals surface area contributed by atoms with Crippen LogP contribution in [0.3, 0.4) is 0 Å². The molecule has 0 aromatic heterocycles. The standard InChI is InChI=1S/C54H43NSi/c1-53(2)45-20-10-8-18-41(45)43-32-30-39(34-49(43)53)55(38-28-26-37(27-29-38)36-16-6-5-7-17-36)40-31-33-44-42-19-9-11-21-46(42)54(50(44)35-40)47-22-12-14-24-51(47)56(3,4)52-25-15-13-23-48(52)54/h5-35H,1-4H3. The van der Waals surface area contributed by atoms with Gasteiger partial charge in [0.05, 0.1) is 5.41 Å². The molecular weight excluding hydrogens is 691 g/mol. The van der Waals surface area contributed by atoms with E-state index in [1.54, 1.807) is 0 Å². The van der Waals surface area contributed by atoms with Crippen LogP contribution in [-0.2, 0) is 10.8 Å². The fourth-order valence-electron chi connectivity index (χ4n) is 10.7. The van der Waals surface area contributed by atoms with E-state index in [4.69, 9.17) is 0 Å². The monoisotopic (exact) mass is 733 g/mol. The minimum absolute atomic E-state index is 0.110. The van der Waals surface area contributed by atoms with Gasteiger partial charge in [-0.3, -0.25) is 0 Å². The number of nitrogens with zero attached hydrogens (tertiary/aromatic N) is 1. The Morgan fingerprint density at radius 1 is 0.357 bits per heavy atom. The molecule has 0 amide bonds. The van der Waals surface area contributed by atoms with Crippen LogP contribution in [0.25, 0.3) is 33.4 Å². The highest BCUT2D eigenvalue weighted by molar-refractivity contribution is 7.01. The lowest BCUT2D eigenvalue weighted by molar-refractivity contribution is 0.660. The lowest BCUT2D eigenvalue weighted by Crippen LogP contribution is -2.63. The van der Waals surface area contributed by atoms with E-state index in [0.717, 1.165) is 11.4 Å². The molecular formula is C54H43NSi. The molecule has 11 rings (SSSR count). The Hall–Kier alpha value is -6.22. The molecule has 0 radical (unpaired) electrons. The lowest BCUT2D eigenvalue weighted by atomic mass is 9.67. The summed E-state index contributed by atoms with van der Waals surface area (Å²) in [6.07, 6.45) is 0. The molecule has 2 heteroatoms. The van der Waals surface area contributed by atoms with Gasteiger partial charge < -0.3 is 4.90 Å². The van der Waals surface area contributed by atoms with E-state index in [-0.39, 0.29) is 5.41 Å². The van der Waals surface area contributed by atoms with Crippen LogP contribution in [0.15, 0.2) is 188 Å². The molecule has 1 aliphatic heterocycles. The van der Waals surface area contributed by atoms with Crippen molar-refractivity contribution in [2.75, 3.05) is 4.90 Å². The maximum atomic E-state index is 2.53. The summed E-state index contributed by atoms with van der Waals surface area (Å²) in [5.41, 5.74) is 19.1. The number of anilines is 3. The van der Waals surface area contributed by atoms with Crippen LogP contribution in [-0.4, -0.2) is 8.07 Å². The first-order valence-electron chi connectivity index (χ1n) is 19.9. The second-order valence-corrected chi connectivity index (χ2v) is 21.2. The number of hydrogen-bond donors (Lipinski definition) is 0. The summed E-state index contributed by atoms with van der Waals surface area (Å²) in [4.78, 5) is 2.49. The molecule has 8 aromatic rings. The summed E-state index contributed by atoms with van der Waals surface area (Å²) in [5.74, 6) is 0. The molecule has 268 valence electrons.